The Morgan fingerprint density at radius 1 is 1.14 bits per heavy atom. The van der Waals surface area contributed by atoms with Crippen LogP contribution in [0.15, 0.2) is 24.4 Å². The number of pyridine rings is 1. The van der Waals surface area contributed by atoms with Gasteiger partial charge in [0.1, 0.15) is 0 Å². The smallest absolute Gasteiger partial charge is 0.0573 e. The minimum absolute atomic E-state index is 0.483. The number of rotatable bonds is 1. The highest BCUT2D eigenvalue weighted by Crippen LogP contribution is 2.20. The summed E-state index contributed by atoms with van der Waals surface area (Å²) >= 11 is 0. The number of aromatic nitrogens is 1. The molecular formula is C12H18N2. The van der Waals surface area contributed by atoms with Crippen LogP contribution in [0.4, 0.5) is 0 Å². The second-order valence-corrected chi connectivity index (χ2v) is 3.96. The van der Waals surface area contributed by atoms with Crippen LogP contribution in [0.2, 0.25) is 0 Å². The molecule has 1 aromatic rings. The first-order valence-corrected chi connectivity index (χ1v) is 5.61. The summed E-state index contributed by atoms with van der Waals surface area (Å²) in [6.07, 6.45) is 8.51. The Bertz CT molecular complexity index is 250. The van der Waals surface area contributed by atoms with Crippen LogP contribution in [0.5, 0.6) is 0 Å². The van der Waals surface area contributed by atoms with Crippen molar-refractivity contribution in [3.63, 3.8) is 0 Å². The van der Waals surface area contributed by atoms with E-state index in [1.165, 1.54) is 37.8 Å². The summed E-state index contributed by atoms with van der Waals surface area (Å²) in [4.78, 5) is 4.41. The Morgan fingerprint density at radius 3 is 2.93 bits per heavy atom. The van der Waals surface area contributed by atoms with E-state index in [-0.39, 0.29) is 0 Å². The zero-order chi connectivity index (χ0) is 9.64. The maximum absolute atomic E-state index is 4.41. The van der Waals surface area contributed by atoms with Crippen LogP contribution in [0.3, 0.4) is 0 Å². The predicted molar refractivity (Wildman–Crippen MR) is 58.1 cm³/mol. The van der Waals surface area contributed by atoms with Crippen LogP contribution in [0, 0.1) is 0 Å². The molecule has 1 aliphatic rings. The predicted octanol–water partition coefficient (Wildman–Crippen LogP) is 2.68. The third-order valence-corrected chi connectivity index (χ3v) is 2.86. The normalized spacial score (nSPS) is 23.9. The standard InChI is InChI=1S/C12H18N2/c1-2-5-9-13-11(7-3-1)12-8-4-6-10-14-12/h4,6,8,10-11,13H,1-3,5,7,9H2. The van der Waals surface area contributed by atoms with Crippen molar-refractivity contribution in [1.29, 1.82) is 0 Å². The summed E-state index contributed by atoms with van der Waals surface area (Å²) in [5.74, 6) is 0. The maximum atomic E-state index is 4.41. The molecule has 1 aromatic heterocycles. The Labute approximate surface area is 85.7 Å². The quantitative estimate of drug-likeness (QED) is 0.736. The van der Waals surface area contributed by atoms with E-state index in [9.17, 15) is 0 Å². The lowest BCUT2D eigenvalue weighted by molar-refractivity contribution is 0.421. The zero-order valence-electron chi connectivity index (χ0n) is 8.58. The Balaban J connectivity index is 2.01. The van der Waals surface area contributed by atoms with E-state index in [1.807, 2.05) is 12.3 Å². The van der Waals surface area contributed by atoms with Crippen molar-refractivity contribution in [2.75, 3.05) is 6.54 Å². The van der Waals surface area contributed by atoms with Crippen molar-refractivity contribution < 1.29 is 0 Å². The molecule has 0 aromatic carbocycles. The lowest BCUT2D eigenvalue weighted by Crippen LogP contribution is -2.24. The van der Waals surface area contributed by atoms with E-state index >= 15 is 0 Å². The molecule has 14 heavy (non-hydrogen) atoms. The van der Waals surface area contributed by atoms with Gasteiger partial charge in [-0.3, -0.25) is 4.98 Å². The lowest BCUT2D eigenvalue weighted by atomic mass is 10.0. The van der Waals surface area contributed by atoms with Gasteiger partial charge >= 0.3 is 0 Å². The van der Waals surface area contributed by atoms with Gasteiger partial charge in [0, 0.05) is 12.2 Å². The molecular weight excluding hydrogens is 172 g/mol. The van der Waals surface area contributed by atoms with Crippen molar-refractivity contribution in [1.82, 2.24) is 10.3 Å². The molecule has 2 heteroatoms. The first kappa shape index (κ1) is 9.66. The fourth-order valence-corrected chi connectivity index (χ4v) is 2.04. The van der Waals surface area contributed by atoms with Gasteiger partial charge in [0.2, 0.25) is 0 Å². The van der Waals surface area contributed by atoms with E-state index in [2.05, 4.69) is 22.4 Å². The molecule has 1 N–H and O–H groups in total. The SMILES string of the molecule is c1ccc(C2CCCCCCN2)nc1. The first-order chi connectivity index (χ1) is 6.97. The Morgan fingerprint density at radius 2 is 2.07 bits per heavy atom. The van der Waals surface area contributed by atoms with Crippen molar-refractivity contribution in [2.24, 2.45) is 0 Å². The van der Waals surface area contributed by atoms with Gasteiger partial charge in [0.15, 0.2) is 0 Å². The van der Waals surface area contributed by atoms with Crippen LogP contribution in [0.25, 0.3) is 0 Å². The van der Waals surface area contributed by atoms with Crippen molar-refractivity contribution in [3.8, 4) is 0 Å². The highest BCUT2D eigenvalue weighted by atomic mass is 14.9. The minimum atomic E-state index is 0.483. The van der Waals surface area contributed by atoms with Gasteiger partial charge in [-0.05, 0) is 31.5 Å². The highest BCUT2D eigenvalue weighted by molar-refractivity contribution is 5.08. The summed E-state index contributed by atoms with van der Waals surface area (Å²) in [6, 6.07) is 6.66. The van der Waals surface area contributed by atoms with E-state index in [4.69, 9.17) is 0 Å². The summed E-state index contributed by atoms with van der Waals surface area (Å²) in [6.45, 7) is 1.14. The topological polar surface area (TPSA) is 24.9 Å². The molecule has 0 spiro atoms. The molecule has 1 saturated heterocycles. The third-order valence-electron chi connectivity index (χ3n) is 2.86. The van der Waals surface area contributed by atoms with Gasteiger partial charge in [-0.25, -0.2) is 0 Å². The largest absolute Gasteiger partial charge is 0.309 e. The fraction of sp³-hybridized carbons (Fsp3) is 0.583. The molecule has 1 unspecified atom stereocenters. The molecule has 2 nitrogen and oxygen atoms in total. The number of nitrogens with one attached hydrogen (secondary N) is 1. The second kappa shape index (κ2) is 5.11. The zero-order valence-corrected chi connectivity index (χ0v) is 8.58. The van der Waals surface area contributed by atoms with Crippen LogP contribution in [0.1, 0.15) is 43.8 Å². The van der Waals surface area contributed by atoms with Crippen LogP contribution in [-0.4, -0.2) is 11.5 Å². The number of hydrogen-bond acceptors (Lipinski definition) is 2. The van der Waals surface area contributed by atoms with Crippen molar-refractivity contribution in [3.05, 3.63) is 30.1 Å². The van der Waals surface area contributed by atoms with Crippen LogP contribution < -0.4 is 5.32 Å². The van der Waals surface area contributed by atoms with Gasteiger partial charge in [-0.1, -0.05) is 25.3 Å². The van der Waals surface area contributed by atoms with Crippen molar-refractivity contribution >= 4 is 0 Å². The lowest BCUT2D eigenvalue weighted by Gasteiger charge is -2.20. The van der Waals surface area contributed by atoms with E-state index in [0.717, 1.165) is 6.54 Å². The Kier molecular flexibility index (Phi) is 3.52. The van der Waals surface area contributed by atoms with Gasteiger partial charge < -0.3 is 5.32 Å². The van der Waals surface area contributed by atoms with Crippen molar-refractivity contribution in [2.45, 2.75) is 38.1 Å². The number of hydrogen-bond donors (Lipinski definition) is 1. The molecule has 0 amide bonds. The van der Waals surface area contributed by atoms with Gasteiger partial charge in [-0.15, -0.1) is 0 Å². The van der Waals surface area contributed by atoms with Gasteiger partial charge in [-0.2, -0.15) is 0 Å². The fourth-order valence-electron chi connectivity index (χ4n) is 2.04. The molecule has 0 radical (unpaired) electrons. The molecule has 2 rings (SSSR count). The summed E-state index contributed by atoms with van der Waals surface area (Å²) in [5, 5.41) is 3.58. The van der Waals surface area contributed by atoms with Crippen LogP contribution in [-0.2, 0) is 0 Å². The summed E-state index contributed by atoms with van der Waals surface area (Å²) in [5.41, 5.74) is 1.20. The first-order valence-electron chi connectivity index (χ1n) is 5.61. The van der Waals surface area contributed by atoms with Crippen LogP contribution >= 0.6 is 0 Å². The average Bonchev–Trinajstić information content (AvgIpc) is 2.18. The molecule has 1 atom stereocenters. The highest BCUT2D eigenvalue weighted by Gasteiger charge is 2.12. The number of nitrogens with zero attached hydrogens (tertiary/aromatic N) is 1. The monoisotopic (exact) mass is 190 g/mol. The van der Waals surface area contributed by atoms with E-state index < -0.39 is 0 Å². The average molecular weight is 190 g/mol. The molecule has 0 bridgehead atoms. The van der Waals surface area contributed by atoms with Gasteiger partial charge in [0.25, 0.3) is 0 Å². The molecule has 76 valence electrons. The maximum Gasteiger partial charge on any atom is 0.0573 e. The molecule has 1 fully saturated rings. The molecule has 0 saturated carbocycles. The van der Waals surface area contributed by atoms with E-state index in [1.54, 1.807) is 0 Å². The third kappa shape index (κ3) is 2.55. The second-order valence-electron chi connectivity index (χ2n) is 3.96. The summed E-state index contributed by atoms with van der Waals surface area (Å²) in [7, 11) is 0. The minimum Gasteiger partial charge on any atom is -0.309 e. The Hall–Kier alpha value is -0.890. The van der Waals surface area contributed by atoms with Gasteiger partial charge in [0.05, 0.1) is 5.69 Å². The molecule has 0 aliphatic carbocycles. The molecule has 1 aliphatic heterocycles. The summed E-state index contributed by atoms with van der Waals surface area (Å²) < 4.78 is 0. The molecule has 2 heterocycles. The van der Waals surface area contributed by atoms with E-state index in [0.29, 0.717) is 6.04 Å².